The Balaban J connectivity index is 2.36. The molecule has 106 valence electrons. The number of nitrogens with zero attached hydrogens (tertiary/aromatic N) is 4. The molecule has 4 N–H and O–H groups in total. The SMILES string of the molecule is Cc1nn(C)c(N2CCC(C(C)O)C2)c1C(N)=NO. The van der Waals surface area contributed by atoms with Gasteiger partial charge in [-0.1, -0.05) is 5.16 Å². The Hall–Kier alpha value is -1.76. The van der Waals surface area contributed by atoms with E-state index in [4.69, 9.17) is 10.9 Å². The number of aryl methyl sites for hydroxylation is 2. The van der Waals surface area contributed by atoms with Crippen LogP contribution in [0, 0.1) is 12.8 Å². The standard InChI is InChI=1S/C12H21N5O2/c1-7-10(11(13)15-19)12(16(3)14-7)17-5-4-9(6-17)8(2)18/h8-9,18-19H,4-6H2,1-3H3,(H2,13,15). The Labute approximate surface area is 112 Å². The number of hydrogen-bond donors (Lipinski definition) is 3. The van der Waals surface area contributed by atoms with Gasteiger partial charge in [-0.25, -0.2) is 0 Å². The van der Waals surface area contributed by atoms with Crippen LogP contribution in [0.15, 0.2) is 5.16 Å². The summed E-state index contributed by atoms with van der Waals surface area (Å²) < 4.78 is 1.74. The van der Waals surface area contributed by atoms with Crippen molar-refractivity contribution in [1.29, 1.82) is 0 Å². The van der Waals surface area contributed by atoms with Gasteiger partial charge in [-0.2, -0.15) is 5.10 Å². The van der Waals surface area contributed by atoms with Gasteiger partial charge in [0.2, 0.25) is 0 Å². The molecule has 19 heavy (non-hydrogen) atoms. The molecule has 1 saturated heterocycles. The molecule has 0 radical (unpaired) electrons. The molecule has 7 heteroatoms. The van der Waals surface area contributed by atoms with Gasteiger partial charge >= 0.3 is 0 Å². The number of aromatic nitrogens is 2. The number of hydrogen-bond acceptors (Lipinski definition) is 5. The van der Waals surface area contributed by atoms with E-state index in [-0.39, 0.29) is 17.9 Å². The van der Waals surface area contributed by atoms with Crippen molar-refractivity contribution in [1.82, 2.24) is 9.78 Å². The Morgan fingerprint density at radius 1 is 1.58 bits per heavy atom. The molecule has 0 saturated carbocycles. The lowest BCUT2D eigenvalue weighted by Gasteiger charge is -2.21. The zero-order valence-corrected chi connectivity index (χ0v) is 11.5. The van der Waals surface area contributed by atoms with Crippen LogP contribution in [0.2, 0.25) is 0 Å². The summed E-state index contributed by atoms with van der Waals surface area (Å²) in [6.45, 7) is 5.23. The van der Waals surface area contributed by atoms with Crippen molar-refractivity contribution in [2.24, 2.45) is 23.9 Å². The van der Waals surface area contributed by atoms with Gasteiger partial charge in [0.25, 0.3) is 0 Å². The molecular weight excluding hydrogens is 246 g/mol. The second-order valence-corrected chi connectivity index (χ2v) is 5.13. The number of aliphatic hydroxyl groups excluding tert-OH is 1. The van der Waals surface area contributed by atoms with E-state index in [0.717, 1.165) is 31.0 Å². The molecule has 1 fully saturated rings. The van der Waals surface area contributed by atoms with Crippen LogP contribution in [0.25, 0.3) is 0 Å². The van der Waals surface area contributed by atoms with Gasteiger partial charge in [0.15, 0.2) is 5.84 Å². The first kappa shape index (κ1) is 13.7. The van der Waals surface area contributed by atoms with E-state index in [1.807, 2.05) is 20.9 Å². The van der Waals surface area contributed by atoms with Gasteiger partial charge in [-0.15, -0.1) is 0 Å². The minimum absolute atomic E-state index is 0.0705. The lowest BCUT2D eigenvalue weighted by molar-refractivity contribution is 0.136. The van der Waals surface area contributed by atoms with Gasteiger partial charge in [0.1, 0.15) is 5.82 Å². The molecule has 0 amide bonds. The second kappa shape index (κ2) is 5.08. The second-order valence-electron chi connectivity index (χ2n) is 5.13. The van der Waals surface area contributed by atoms with Gasteiger partial charge in [0, 0.05) is 26.1 Å². The Morgan fingerprint density at radius 3 is 2.79 bits per heavy atom. The van der Waals surface area contributed by atoms with Gasteiger partial charge in [-0.05, 0) is 20.3 Å². The summed E-state index contributed by atoms with van der Waals surface area (Å²) in [6, 6.07) is 0. The van der Waals surface area contributed by atoms with Crippen LogP contribution in [0.4, 0.5) is 5.82 Å². The first-order chi connectivity index (χ1) is 8.95. The molecule has 0 aromatic carbocycles. The van der Waals surface area contributed by atoms with Crippen molar-refractivity contribution < 1.29 is 10.3 Å². The highest BCUT2D eigenvalue weighted by Crippen LogP contribution is 2.29. The van der Waals surface area contributed by atoms with E-state index in [1.54, 1.807) is 4.68 Å². The van der Waals surface area contributed by atoms with Gasteiger partial charge in [0.05, 0.1) is 17.4 Å². The van der Waals surface area contributed by atoms with Crippen LogP contribution < -0.4 is 10.6 Å². The molecule has 0 aliphatic carbocycles. The van der Waals surface area contributed by atoms with Gasteiger partial charge < -0.3 is 20.9 Å². The van der Waals surface area contributed by atoms with E-state index < -0.39 is 0 Å². The largest absolute Gasteiger partial charge is 0.409 e. The van der Waals surface area contributed by atoms with Crippen LogP contribution >= 0.6 is 0 Å². The Bertz CT molecular complexity index is 495. The quantitative estimate of drug-likeness (QED) is 0.310. The summed E-state index contributed by atoms with van der Waals surface area (Å²) in [5, 5.41) is 26.0. The highest BCUT2D eigenvalue weighted by molar-refractivity contribution is 6.02. The van der Waals surface area contributed by atoms with E-state index in [9.17, 15) is 5.11 Å². The van der Waals surface area contributed by atoms with E-state index in [1.165, 1.54) is 0 Å². The fraction of sp³-hybridized carbons (Fsp3) is 0.667. The summed E-state index contributed by atoms with van der Waals surface area (Å²) in [4.78, 5) is 2.13. The lowest BCUT2D eigenvalue weighted by Crippen LogP contribution is -2.28. The van der Waals surface area contributed by atoms with Crippen molar-refractivity contribution in [2.45, 2.75) is 26.4 Å². The number of oxime groups is 1. The number of anilines is 1. The zero-order chi connectivity index (χ0) is 14.2. The molecule has 2 unspecified atom stereocenters. The third kappa shape index (κ3) is 2.37. The summed E-state index contributed by atoms with van der Waals surface area (Å²) in [5.74, 6) is 1.16. The maximum absolute atomic E-state index is 9.68. The third-order valence-electron chi connectivity index (χ3n) is 3.76. The maximum Gasteiger partial charge on any atom is 0.175 e. The molecular formula is C12H21N5O2. The van der Waals surface area contributed by atoms with Crippen LogP contribution in [0.1, 0.15) is 24.6 Å². The van der Waals surface area contributed by atoms with Crippen molar-refractivity contribution in [3.05, 3.63) is 11.3 Å². The first-order valence-electron chi connectivity index (χ1n) is 6.40. The predicted molar refractivity (Wildman–Crippen MR) is 72.5 cm³/mol. The molecule has 1 aromatic heterocycles. The number of rotatable bonds is 3. The highest BCUT2D eigenvalue weighted by Gasteiger charge is 2.30. The summed E-state index contributed by atoms with van der Waals surface area (Å²) in [5.41, 5.74) is 7.14. The highest BCUT2D eigenvalue weighted by atomic mass is 16.4. The van der Waals surface area contributed by atoms with Crippen molar-refractivity contribution >= 4 is 11.7 Å². The minimum Gasteiger partial charge on any atom is -0.409 e. The van der Waals surface area contributed by atoms with Crippen molar-refractivity contribution in [3.8, 4) is 0 Å². The molecule has 1 aliphatic rings. The molecule has 1 aromatic rings. The number of aliphatic hydroxyl groups is 1. The summed E-state index contributed by atoms with van der Waals surface area (Å²) in [6.07, 6.45) is 0.601. The Morgan fingerprint density at radius 2 is 2.26 bits per heavy atom. The van der Waals surface area contributed by atoms with E-state index in [2.05, 4.69) is 15.2 Å². The molecule has 0 bridgehead atoms. The maximum atomic E-state index is 9.68. The predicted octanol–water partition coefficient (Wildman–Crippen LogP) is 0.0301. The summed E-state index contributed by atoms with van der Waals surface area (Å²) >= 11 is 0. The molecule has 7 nitrogen and oxygen atoms in total. The Kier molecular flexibility index (Phi) is 3.66. The first-order valence-corrected chi connectivity index (χ1v) is 6.40. The molecule has 0 spiro atoms. The fourth-order valence-electron chi connectivity index (χ4n) is 2.73. The normalized spacial score (nSPS) is 22.0. The van der Waals surface area contributed by atoms with Crippen LogP contribution in [0.3, 0.4) is 0 Å². The van der Waals surface area contributed by atoms with E-state index in [0.29, 0.717) is 5.56 Å². The topological polar surface area (TPSA) is 99.9 Å². The van der Waals surface area contributed by atoms with Crippen LogP contribution in [-0.4, -0.2) is 45.1 Å². The smallest absolute Gasteiger partial charge is 0.175 e. The van der Waals surface area contributed by atoms with Crippen molar-refractivity contribution in [2.75, 3.05) is 18.0 Å². The zero-order valence-electron chi connectivity index (χ0n) is 11.5. The average molecular weight is 267 g/mol. The average Bonchev–Trinajstić information content (AvgIpc) is 2.92. The third-order valence-corrected chi connectivity index (χ3v) is 3.76. The molecule has 1 aliphatic heterocycles. The molecule has 2 heterocycles. The molecule has 2 rings (SSSR count). The number of nitrogens with two attached hydrogens (primary N) is 1. The molecule has 2 atom stereocenters. The summed E-state index contributed by atoms with van der Waals surface area (Å²) in [7, 11) is 1.84. The van der Waals surface area contributed by atoms with Gasteiger partial charge in [-0.3, -0.25) is 4.68 Å². The fourth-order valence-corrected chi connectivity index (χ4v) is 2.73. The lowest BCUT2D eigenvalue weighted by atomic mass is 10.0. The number of amidine groups is 1. The minimum atomic E-state index is -0.327. The van der Waals surface area contributed by atoms with Crippen LogP contribution in [0.5, 0.6) is 0 Å². The van der Waals surface area contributed by atoms with Crippen molar-refractivity contribution in [3.63, 3.8) is 0 Å². The van der Waals surface area contributed by atoms with Crippen LogP contribution in [-0.2, 0) is 7.05 Å². The van der Waals surface area contributed by atoms with E-state index >= 15 is 0 Å². The monoisotopic (exact) mass is 267 g/mol.